The number of benzene rings is 4. The lowest BCUT2D eigenvalue weighted by Crippen LogP contribution is -2.55. The van der Waals surface area contributed by atoms with E-state index in [0.717, 1.165) is 5.56 Å². The summed E-state index contributed by atoms with van der Waals surface area (Å²) in [7, 11) is 0. The number of fused-ring (bicyclic) bond motifs is 2. The van der Waals surface area contributed by atoms with E-state index in [1.807, 2.05) is 19.1 Å². The molecular formula is C43H42N8O7. The number of likely N-dealkylation sites (tertiary alicyclic amines) is 2. The first-order valence-electron chi connectivity index (χ1n) is 19.2. The molecule has 0 bridgehead atoms. The molecule has 0 spiro atoms. The summed E-state index contributed by atoms with van der Waals surface area (Å²) in [6, 6.07) is 24.4. The highest BCUT2D eigenvalue weighted by Gasteiger charge is 2.45. The Morgan fingerprint density at radius 2 is 1.29 bits per heavy atom. The number of rotatable bonds is 10. The molecule has 4 aromatic carbocycles. The van der Waals surface area contributed by atoms with Crippen LogP contribution < -0.4 is 10.6 Å². The summed E-state index contributed by atoms with van der Waals surface area (Å²) in [5.74, 6) is 0.112. The zero-order valence-electron chi connectivity index (χ0n) is 31.9. The minimum absolute atomic E-state index is 0.243. The first kappa shape index (κ1) is 37.9. The molecular weight excluding hydrogens is 741 g/mol. The predicted octanol–water partition coefficient (Wildman–Crippen LogP) is 6.50. The largest absolute Gasteiger partial charge is 0.465 e. The second-order valence-corrected chi connectivity index (χ2v) is 15.0. The van der Waals surface area contributed by atoms with Gasteiger partial charge < -0.3 is 40.6 Å². The van der Waals surface area contributed by atoms with Crippen molar-refractivity contribution < 1.29 is 34.2 Å². The zero-order valence-corrected chi connectivity index (χ0v) is 31.9. The van der Waals surface area contributed by atoms with Gasteiger partial charge in [0.1, 0.15) is 23.2 Å². The molecule has 4 amide bonds. The third-order valence-corrected chi connectivity index (χ3v) is 11.3. The summed E-state index contributed by atoms with van der Waals surface area (Å²) in [5.41, 5.74) is 3.66. The minimum Gasteiger partial charge on any atom is -0.465 e. The molecule has 0 saturated carbocycles. The number of ketones is 1. The van der Waals surface area contributed by atoms with E-state index in [4.69, 9.17) is 9.97 Å². The molecule has 2 aliphatic rings. The monoisotopic (exact) mass is 782 g/mol. The fraction of sp³-hybridized carbons (Fsp3) is 0.279. The van der Waals surface area contributed by atoms with Gasteiger partial charge in [-0.3, -0.25) is 14.4 Å². The van der Waals surface area contributed by atoms with Gasteiger partial charge in [0.25, 0.3) is 11.8 Å². The van der Waals surface area contributed by atoms with Gasteiger partial charge in [-0.15, -0.1) is 0 Å². The van der Waals surface area contributed by atoms with E-state index in [0.29, 0.717) is 94.7 Å². The van der Waals surface area contributed by atoms with E-state index in [9.17, 15) is 34.2 Å². The predicted molar refractivity (Wildman–Crippen MR) is 213 cm³/mol. The Balaban J connectivity index is 1.02. The van der Waals surface area contributed by atoms with Crippen LogP contribution in [-0.4, -0.2) is 82.8 Å². The fourth-order valence-electron chi connectivity index (χ4n) is 8.52. The van der Waals surface area contributed by atoms with E-state index in [1.165, 1.54) is 0 Å². The summed E-state index contributed by atoms with van der Waals surface area (Å²) in [5, 5.41) is 24.1. The average Bonchev–Trinajstić information content (AvgIpc) is 4.04. The van der Waals surface area contributed by atoms with Crippen molar-refractivity contribution in [1.29, 1.82) is 0 Å². The molecule has 6 aromatic rings. The van der Waals surface area contributed by atoms with Crippen LogP contribution in [-0.2, 0) is 15.1 Å². The van der Waals surface area contributed by atoms with E-state index in [1.54, 1.807) is 95.6 Å². The van der Waals surface area contributed by atoms with Gasteiger partial charge in [0.2, 0.25) is 0 Å². The quantitative estimate of drug-likeness (QED) is 0.0836. The van der Waals surface area contributed by atoms with Gasteiger partial charge >= 0.3 is 12.2 Å². The molecule has 8 rings (SSSR count). The second kappa shape index (κ2) is 15.1. The highest BCUT2D eigenvalue weighted by Crippen LogP contribution is 2.37. The number of carbonyl (C=O) groups is 5. The molecule has 15 nitrogen and oxygen atoms in total. The van der Waals surface area contributed by atoms with Gasteiger partial charge in [-0.05, 0) is 92.6 Å². The van der Waals surface area contributed by atoms with Crippen LogP contribution in [0, 0.1) is 6.92 Å². The summed E-state index contributed by atoms with van der Waals surface area (Å²) in [6.45, 7) is 4.30. The minimum atomic E-state index is -1.53. The van der Waals surface area contributed by atoms with Crippen molar-refractivity contribution >= 4 is 51.9 Å². The van der Waals surface area contributed by atoms with Crippen molar-refractivity contribution in [3.63, 3.8) is 0 Å². The van der Waals surface area contributed by atoms with Crippen LogP contribution in [0.1, 0.15) is 95.0 Å². The molecule has 2 aliphatic heterocycles. The molecule has 2 aromatic heterocycles. The van der Waals surface area contributed by atoms with Crippen LogP contribution in [0.3, 0.4) is 0 Å². The molecule has 15 heteroatoms. The second-order valence-electron chi connectivity index (χ2n) is 15.0. The van der Waals surface area contributed by atoms with Gasteiger partial charge in [0, 0.05) is 24.2 Å². The van der Waals surface area contributed by atoms with Crippen molar-refractivity contribution in [1.82, 2.24) is 40.4 Å². The van der Waals surface area contributed by atoms with Crippen LogP contribution in [0.5, 0.6) is 0 Å². The van der Waals surface area contributed by atoms with Gasteiger partial charge in [-0.2, -0.15) is 0 Å². The standard InChI is InChI=1S/C43H42N8O7/c1-24-10-6-7-13-28(24)43(2,49-42(57)58)40(54)51-21-9-15-34(51)38-45-30-19-17-27(23-32(30)47-38)36(52)26-16-18-29-31(22-26)46-37(44-29)33-14-8-20-50(33)39(53)35(48-41(55)56)25-11-4-3-5-12-25/h3-7,10-13,16-19,22-23,33-35,48-49H,8-9,14-15,20-21H2,1-2H3,(H,44,46)(H,45,47)(H,55,56)(H,57,58)/t33?,34-,35?,43+/m0/s1. The number of amides is 4. The van der Waals surface area contributed by atoms with Crippen molar-refractivity contribution in [3.05, 3.63) is 130 Å². The smallest absolute Gasteiger partial charge is 0.405 e. The molecule has 0 radical (unpaired) electrons. The van der Waals surface area contributed by atoms with E-state index < -0.39 is 35.9 Å². The fourth-order valence-corrected chi connectivity index (χ4v) is 8.52. The Morgan fingerprint density at radius 1 is 0.741 bits per heavy atom. The Morgan fingerprint density at radius 3 is 1.86 bits per heavy atom. The van der Waals surface area contributed by atoms with Crippen LogP contribution in [0.2, 0.25) is 0 Å². The molecule has 0 aliphatic carbocycles. The van der Waals surface area contributed by atoms with Crippen molar-refractivity contribution in [2.45, 2.75) is 63.2 Å². The third-order valence-electron chi connectivity index (χ3n) is 11.3. The summed E-state index contributed by atoms with van der Waals surface area (Å²) < 4.78 is 0. The molecule has 296 valence electrons. The number of aromatic nitrogens is 4. The van der Waals surface area contributed by atoms with Crippen LogP contribution in [0.25, 0.3) is 22.1 Å². The topological polar surface area (TPSA) is 214 Å². The maximum atomic E-state index is 14.3. The lowest BCUT2D eigenvalue weighted by atomic mass is 9.87. The van der Waals surface area contributed by atoms with Gasteiger partial charge in [0.05, 0.1) is 34.2 Å². The lowest BCUT2D eigenvalue weighted by Gasteiger charge is -2.36. The summed E-state index contributed by atoms with van der Waals surface area (Å²) in [4.78, 5) is 85.2. The Kier molecular flexibility index (Phi) is 9.89. The van der Waals surface area contributed by atoms with E-state index >= 15 is 0 Å². The van der Waals surface area contributed by atoms with E-state index in [-0.39, 0.29) is 17.6 Å². The Labute approximate surface area is 332 Å². The molecule has 2 unspecified atom stereocenters. The number of imidazole rings is 2. The summed E-state index contributed by atoms with van der Waals surface area (Å²) >= 11 is 0. The molecule has 2 fully saturated rings. The maximum absolute atomic E-state index is 14.3. The SMILES string of the molecule is Cc1ccccc1[C@@](C)(NC(=O)O)C(=O)N1CCC[C@H]1c1nc2cc(C(=O)c3ccc4[nH]c(C5CCCN5C(=O)C(NC(=O)O)c5ccccc5)nc4c3)ccc2[nH]1. The number of H-pyrrole nitrogens is 2. The van der Waals surface area contributed by atoms with Crippen molar-refractivity contribution in [3.8, 4) is 0 Å². The zero-order chi connectivity index (χ0) is 40.7. The first-order valence-corrected chi connectivity index (χ1v) is 19.2. The van der Waals surface area contributed by atoms with Gasteiger partial charge in [-0.25, -0.2) is 19.6 Å². The molecule has 2 saturated heterocycles. The summed E-state index contributed by atoms with van der Waals surface area (Å²) in [6.07, 6.45) is 0.0745. The van der Waals surface area contributed by atoms with Crippen LogP contribution >= 0.6 is 0 Å². The van der Waals surface area contributed by atoms with Gasteiger partial charge in [0.15, 0.2) is 5.78 Å². The lowest BCUT2D eigenvalue weighted by molar-refractivity contribution is -0.139. The van der Waals surface area contributed by atoms with Crippen molar-refractivity contribution in [2.24, 2.45) is 0 Å². The maximum Gasteiger partial charge on any atom is 0.405 e. The highest BCUT2D eigenvalue weighted by molar-refractivity contribution is 6.11. The Bertz CT molecular complexity index is 2590. The van der Waals surface area contributed by atoms with E-state index in [2.05, 4.69) is 20.6 Å². The third kappa shape index (κ3) is 6.99. The van der Waals surface area contributed by atoms with Crippen LogP contribution in [0.15, 0.2) is 91.0 Å². The molecule has 4 atom stereocenters. The molecule has 4 heterocycles. The average molecular weight is 783 g/mol. The van der Waals surface area contributed by atoms with Crippen molar-refractivity contribution in [2.75, 3.05) is 13.1 Å². The first-order chi connectivity index (χ1) is 27.9. The van der Waals surface area contributed by atoms with Crippen LogP contribution in [0.4, 0.5) is 9.59 Å². The number of nitrogens with one attached hydrogen (secondary N) is 4. The highest BCUT2D eigenvalue weighted by atomic mass is 16.4. The number of hydrogen-bond donors (Lipinski definition) is 6. The Hall–Kier alpha value is -7.03. The number of carboxylic acid groups (broad SMARTS) is 2. The number of carbonyl (C=O) groups excluding carboxylic acids is 3. The number of aryl methyl sites for hydroxylation is 1. The molecule has 6 N–H and O–H groups in total. The number of aromatic amines is 2. The van der Waals surface area contributed by atoms with Gasteiger partial charge in [-0.1, -0.05) is 54.6 Å². The normalized spacial score (nSPS) is 18.2. The molecule has 58 heavy (non-hydrogen) atoms. The number of nitrogens with zero attached hydrogens (tertiary/aromatic N) is 4. The number of hydrogen-bond acceptors (Lipinski definition) is 7.